The minimum absolute atomic E-state index is 0.00831. The summed E-state index contributed by atoms with van der Waals surface area (Å²) in [7, 11) is 1.82. The SMILES string of the molecule is Cc1ncc(CO)c(C2CCCN(C(=O)c3cncn3C)C2)n1. The van der Waals surface area contributed by atoms with Crippen molar-refractivity contribution in [1.82, 2.24) is 24.4 Å². The number of aryl methyl sites for hydroxylation is 2. The molecule has 2 aromatic rings. The fourth-order valence-corrected chi connectivity index (χ4v) is 3.10. The zero-order valence-electron chi connectivity index (χ0n) is 13.4. The van der Waals surface area contributed by atoms with Crippen LogP contribution in [0, 0.1) is 6.92 Å². The summed E-state index contributed by atoms with van der Waals surface area (Å²) in [5.74, 6) is 0.808. The van der Waals surface area contributed by atoms with Crippen molar-refractivity contribution in [3.05, 3.63) is 41.5 Å². The van der Waals surface area contributed by atoms with Crippen LogP contribution in [0.2, 0.25) is 0 Å². The Bertz CT molecular complexity index is 712. The Morgan fingerprint density at radius 3 is 2.96 bits per heavy atom. The predicted octanol–water partition coefficient (Wildman–Crippen LogP) is 1.03. The molecular formula is C16H21N5O2. The summed E-state index contributed by atoms with van der Waals surface area (Å²) < 4.78 is 1.74. The topological polar surface area (TPSA) is 84.1 Å². The van der Waals surface area contributed by atoms with Crippen molar-refractivity contribution in [2.45, 2.75) is 32.3 Å². The third kappa shape index (κ3) is 3.10. The van der Waals surface area contributed by atoms with Crippen LogP contribution in [0.1, 0.15) is 46.3 Å². The molecule has 122 valence electrons. The average Bonchev–Trinajstić information content (AvgIpc) is 3.00. The van der Waals surface area contributed by atoms with Gasteiger partial charge in [0.25, 0.3) is 5.91 Å². The number of likely N-dealkylation sites (tertiary alicyclic amines) is 1. The van der Waals surface area contributed by atoms with Gasteiger partial charge >= 0.3 is 0 Å². The van der Waals surface area contributed by atoms with E-state index >= 15 is 0 Å². The Morgan fingerprint density at radius 1 is 1.43 bits per heavy atom. The van der Waals surface area contributed by atoms with Crippen molar-refractivity contribution >= 4 is 5.91 Å². The fraction of sp³-hybridized carbons (Fsp3) is 0.500. The molecule has 23 heavy (non-hydrogen) atoms. The summed E-state index contributed by atoms with van der Waals surface area (Å²) in [6.07, 6.45) is 6.78. The number of hydrogen-bond acceptors (Lipinski definition) is 5. The van der Waals surface area contributed by atoms with E-state index < -0.39 is 0 Å². The number of carbonyl (C=O) groups is 1. The summed E-state index contributed by atoms with van der Waals surface area (Å²) >= 11 is 0. The third-order valence-electron chi connectivity index (χ3n) is 4.32. The van der Waals surface area contributed by atoms with Crippen LogP contribution in [-0.2, 0) is 13.7 Å². The molecule has 0 aromatic carbocycles. The normalized spacial score (nSPS) is 18.2. The molecule has 1 fully saturated rings. The molecule has 1 atom stereocenters. The molecule has 3 rings (SSSR count). The fourth-order valence-electron chi connectivity index (χ4n) is 3.10. The number of piperidine rings is 1. The number of aliphatic hydroxyl groups excluding tert-OH is 1. The second-order valence-electron chi connectivity index (χ2n) is 5.97. The molecule has 2 aromatic heterocycles. The van der Waals surface area contributed by atoms with Crippen molar-refractivity contribution < 1.29 is 9.90 Å². The summed E-state index contributed by atoms with van der Waals surface area (Å²) in [6, 6.07) is 0. The highest BCUT2D eigenvalue weighted by atomic mass is 16.3. The van der Waals surface area contributed by atoms with E-state index in [9.17, 15) is 9.90 Å². The van der Waals surface area contributed by atoms with Gasteiger partial charge in [0.05, 0.1) is 24.8 Å². The van der Waals surface area contributed by atoms with E-state index in [1.807, 2.05) is 18.9 Å². The van der Waals surface area contributed by atoms with Gasteiger partial charge in [-0.15, -0.1) is 0 Å². The lowest BCUT2D eigenvalue weighted by molar-refractivity contribution is 0.0695. The third-order valence-corrected chi connectivity index (χ3v) is 4.32. The molecule has 1 amide bonds. The summed E-state index contributed by atoms with van der Waals surface area (Å²) in [4.78, 5) is 27.2. The van der Waals surface area contributed by atoms with Crippen molar-refractivity contribution in [3.63, 3.8) is 0 Å². The maximum atomic E-state index is 12.7. The zero-order valence-corrected chi connectivity index (χ0v) is 13.4. The number of aliphatic hydroxyl groups is 1. The maximum absolute atomic E-state index is 12.7. The molecule has 1 aliphatic heterocycles. The maximum Gasteiger partial charge on any atom is 0.272 e. The molecule has 0 aliphatic carbocycles. The van der Waals surface area contributed by atoms with Crippen molar-refractivity contribution in [2.24, 2.45) is 7.05 Å². The van der Waals surface area contributed by atoms with E-state index in [1.165, 1.54) is 0 Å². The van der Waals surface area contributed by atoms with Gasteiger partial charge in [0.15, 0.2) is 0 Å². The average molecular weight is 315 g/mol. The molecule has 0 radical (unpaired) electrons. The van der Waals surface area contributed by atoms with Crippen LogP contribution in [-0.4, -0.2) is 48.5 Å². The molecule has 0 spiro atoms. The minimum Gasteiger partial charge on any atom is -0.392 e. The number of hydrogen-bond donors (Lipinski definition) is 1. The number of nitrogens with zero attached hydrogens (tertiary/aromatic N) is 5. The highest BCUT2D eigenvalue weighted by molar-refractivity contribution is 5.92. The molecule has 1 saturated heterocycles. The summed E-state index contributed by atoms with van der Waals surface area (Å²) in [6.45, 7) is 3.10. The standard InChI is InChI=1S/C16H21N5O2/c1-11-18-6-13(9-22)15(19-11)12-4-3-5-21(8-12)16(23)14-7-17-10-20(14)2/h6-7,10,12,22H,3-5,8-9H2,1-2H3. The lowest BCUT2D eigenvalue weighted by atomic mass is 9.92. The highest BCUT2D eigenvalue weighted by Gasteiger charge is 2.28. The number of rotatable bonds is 3. The van der Waals surface area contributed by atoms with E-state index in [0.717, 1.165) is 30.6 Å². The Hall–Kier alpha value is -2.28. The van der Waals surface area contributed by atoms with E-state index in [-0.39, 0.29) is 18.4 Å². The predicted molar refractivity (Wildman–Crippen MR) is 83.8 cm³/mol. The van der Waals surface area contributed by atoms with Gasteiger partial charge in [-0.1, -0.05) is 0 Å². The van der Waals surface area contributed by atoms with Crippen LogP contribution in [0.4, 0.5) is 0 Å². The Labute approximate surface area is 135 Å². The Balaban J connectivity index is 1.83. The number of carbonyl (C=O) groups excluding carboxylic acids is 1. The van der Waals surface area contributed by atoms with Crippen LogP contribution in [0.25, 0.3) is 0 Å². The summed E-state index contributed by atoms with van der Waals surface area (Å²) in [5, 5.41) is 9.53. The van der Waals surface area contributed by atoms with Gasteiger partial charge in [0, 0.05) is 37.8 Å². The molecular weight excluding hydrogens is 294 g/mol. The number of amides is 1. The molecule has 0 bridgehead atoms. The first-order valence-corrected chi connectivity index (χ1v) is 7.79. The second-order valence-corrected chi connectivity index (χ2v) is 5.97. The van der Waals surface area contributed by atoms with Crippen LogP contribution in [0.5, 0.6) is 0 Å². The lowest BCUT2D eigenvalue weighted by Crippen LogP contribution is -2.40. The van der Waals surface area contributed by atoms with Gasteiger partial charge in [-0.3, -0.25) is 4.79 Å². The van der Waals surface area contributed by atoms with E-state index in [4.69, 9.17) is 0 Å². The molecule has 7 heteroatoms. The van der Waals surface area contributed by atoms with Gasteiger partial charge in [-0.25, -0.2) is 15.0 Å². The van der Waals surface area contributed by atoms with Crippen molar-refractivity contribution in [2.75, 3.05) is 13.1 Å². The Kier molecular flexibility index (Phi) is 4.38. The van der Waals surface area contributed by atoms with Gasteiger partial charge in [-0.05, 0) is 19.8 Å². The number of imidazole rings is 1. The smallest absolute Gasteiger partial charge is 0.272 e. The van der Waals surface area contributed by atoms with E-state index in [2.05, 4.69) is 15.0 Å². The van der Waals surface area contributed by atoms with Gasteiger partial charge in [-0.2, -0.15) is 0 Å². The largest absolute Gasteiger partial charge is 0.392 e. The highest BCUT2D eigenvalue weighted by Crippen LogP contribution is 2.28. The quantitative estimate of drug-likeness (QED) is 0.914. The summed E-state index contributed by atoms with van der Waals surface area (Å²) in [5.41, 5.74) is 2.20. The molecule has 0 saturated carbocycles. The van der Waals surface area contributed by atoms with E-state index in [1.54, 1.807) is 23.3 Å². The van der Waals surface area contributed by atoms with Gasteiger partial charge < -0.3 is 14.6 Å². The molecule has 3 heterocycles. The molecule has 1 aliphatic rings. The first kappa shape index (κ1) is 15.6. The zero-order chi connectivity index (χ0) is 16.4. The number of aromatic nitrogens is 4. The molecule has 7 nitrogen and oxygen atoms in total. The van der Waals surface area contributed by atoms with Crippen LogP contribution < -0.4 is 0 Å². The first-order valence-electron chi connectivity index (χ1n) is 7.79. The lowest BCUT2D eigenvalue weighted by Gasteiger charge is -2.33. The van der Waals surface area contributed by atoms with Crippen LogP contribution in [0.15, 0.2) is 18.7 Å². The second kappa shape index (κ2) is 6.45. The van der Waals surface area contributed by atoms with E-state index in [0.29, 0.717) is 18.1 Å². The van der Waals surface area contributed by atoms with Gasteiger partial charge in [0.2, 0.25) is 0 Å². The van der Waals surface area contributed by atoms with Crippen molar-refractivity contribution in [3.8, 4) is 0 Å². The Morgan fingerprint density at radius 2 is 2.26 bits per heavy atom. The molecule has 1 N–H and O–H groups in total. The van der Waals surface area contributed by atoms with Gasteiger partial charge in [0.1, 0.15) is 11.5 Å². The van der Waals surface area contributed by atoms with Crippen molar-refractivity contribution in [1.29, 1.82) is 0 Å². The van der Waals surface area contributed by atoms with Crippen LogP contribution >= 0.6 is 0 Å². The molecule has 1 unspecified atom stereocenters. The monoisotopic (exact) mass is 315 g/mol. The van der Waals surface area contributed by atoms with Crippen LogP contribution in [0.3, 0.4) is 0 Å². The minimum atomic E-state index is -0.0816. The first-order chi connectivity index (χ1) is 11.1.